The summed E-state index contributed by atoms with van der Waals surface area (Å²) in [6.07, 6.45) is 0.0681. The van der Waals surface area contributed by atoms with E-state index in [1.54, 1.807) is 31.4 Å². The van der Waals surface area contributed by atoms with Gasteiger partial charge >= 0.3 is 5.97 Å². The molecule has 39 heavy (non-hydrogen) atoms. The summed E-state index contributed by atoms with van der Waals surface area (Å²) in [5, 5.41) is 4.72. The van der Waals surface area contributed by atoms with Gasteiger partial charge in [0.15, 0.2) is 17.3 Å². The smallest absolute Gasteiger partial charge is 0.344 e. The van der Waals surface area contributed by atoms with Gasteiger partial charge in [-0.25, -0.2) is 4.79 Å². The average Bonchev–Trinajstić information content (AvgIpc) is 3.37. The van der Waals surface area contributed by atoms with E-state index >= 15 is 0 Å². The van der Waals surface area contributed by atoms with Crippen LogP contribution in [0.5, 0.6) is 11.5 Å². The van der Waals surface area contributed by atoms with Crippen LogP contribution in [-0.4, -0.2) is 24.6 Å². The van der Waals surface area contributed by atoms with Crippen molar-refractivity contribution in [2.45, 2.75) is 18.9 Å². The first kappa shape index (κ1) is 26.2. The molecule has 0 aromatic heterocycles. The zero-order valence-electron chi connectivity index (χ0n) is 21.3. The van der Waals surface area contributed by atoms with Gasteiger partial charge in [-0.3, -0.25) is 4.79 Å². The number of ether oxygens (including phenoxy) is 2. The van der Waals surface area contributed by atoms with Crippen LogP contribution in [-0.2, 0) is 16.2 Å². The van der Waals surface area contributed by atoms with E-state index in [0.29, 0.717) is 27.8 Å². The first-order chi connectivity index (χ1) is 19.0. The summed E-state index contributed by atoms with van der Waals surface area (Å²) in [6, 6.07) is 31.3. The van der Waals surface area contributed by atoms with Gasteiger partial charge in [-0.2, -0.15) is 0 Å². The molecule has 2 atom stereocenters. The highest BCUT2D eigenvalue weighted by molar-refractivity contribution is 6.31. The fourth-order valence-corrected chi connectivity index (χ4v) is 4.88. The van der Waals surface area contributed by atoms with Crippen molar-refractivity contribution < 1.29 is 23.9 Å². The number of benzene rings is 4. The van der Waals surface area contributed by atoms with E-state index in [4.69, 9.17) is 25.9 Å². The number of halogens is 1. The number of hydrogen-bond donors (Lipinski definition) is 0. The van der Waals surface area contributed by atoms with E-state index in [1.165, 1.54) is 0 Å². The summed E-state index contributed by atoms with van der Waals surface area (Å²) in [5.41, 5.74) is 3.39. The molecule has 1 aliphatic heterocycles. The lowest BCUT2D eigenvalue weighted by Gasteiger charge is -2.23. The molecule has 6 nitrogen and oxygen atoms in total. The summed E-state index contributed by atoms with van der Waals surface area (Å²) in [6.45, 7) is 0.255. The van der Waals surface area contributed by atoms with Crippen LogP contribution in [0.4, 0.5) is 0 Å². The van der Waals surface area contributed by atoms with Crippen LogP contribution in [0.2, 0.25) is 5.02 Å². The van der Waals surface area contributed by atoms with E-state index in [0.717, 1.165) is 16.7 Å². The van der Waals surface area contributed by atoms with Crippen molar-refractivity contribution in [2.24, 2.45) is 11.1 Å². The van der Waals surface area contributed by atoms with Gasteiger partial charge in [0.05, 0.1) is 7.11 Å². The van der Waals surface area contributed by atoms with E-state index in [1.807, 2.05) is 78.9 Å². The second-order valence-electron chi connectivity index (χ2n) is 9.12. The molecule has 0 N–H and O–H groups in total. The molecule has 196 valence electrons. The summed E-state index contributed by atoms with van der Waals surface area (Å²) in [7, 11) is 1.55. The fourth-order valence-electron chi connectivity index (χ4n) is 4.69. The highest BCUT2D eigenvalue weighted by Gasteiger charge is 2.42. The standard InChI is InChI=1S/C32H26ClNO5/c1-37-29-18-23(16-17-28(29)38-20-24-14-8-9-15-26(24)33)25(19-27(35)21-10-4-2-5-11-21)30-31(34-39-32(30)36)22-12-6-3-7-13-22/h2-18,25,30H,19-20H2,1H3. The second kappa shape index (κ2) is 12.0. The Bertz CT molecular complexity index is 1500. The second-order valence-corrected chi connectivity index (χ2v) is 9.53. The van der Waals surface area contributed by atoms with Crippen LogP contribution in [0.3, 0.4) is 0 Å². The molecule has 0 saturated heterocycles. The van der Waals surface area contributed by atoms with Gasteiger partial charge in [-0.05, 0) is 23.8 Å². The molecule has 0 bridgehead atoms. The molecule has 1 heterocycles. The molecule has 1 aliphatic rings. The zero-order valence-corrected chi connectivity index (χ0v) is 22.0. The van der Waals surface area contributed by atoms with Gasteiger partial charge in [0, 0.05) is 34.1 Å². The summed E-state index contributed by atoms with van der Waals surface area (Å²) >= 11 is 6.28. The number of Topliss-reactive ketones (excluding diaryl/α,β-unsaturated/α-hetero) is 1. The number of methoxy groups -OCH3 is 1. The average molecular weight is 540 g/mol. The third kappa shape index (κ3) is 5.86. The number of carbonyl (C=O) groups is 2. The van der Waals surface area contributed by atoms with Gasteiger partial charge in [-0.15, -0.1) is 0 Å². The highest BCUT2D eigenvalue weighted by Crippen LogP contribution is 2.40. The lowest BCUT2D eigenvalue weighted by Crippen LogP contribution is -2.28. The van der Waals surface area contributed by atoms with Crippen LogP contribution in [0.15, 0.2) is 108 Å². The van der Waals surface area contributed by atoms with Crippen molar-refractivity contribution in [1.29, 1.82) is 0 Å². The number of carbonyl (C=O) groups excluding carboxylic acids is 2. The third-order valence-corrected chi connectivity index (χ3v) is 7.08. The summed E-state index contributed by atoms with van der Waals surface area (Å²) in [4.78, 5) is 31.6. The van der Waals surface area contributed by atoms with E-state index in [-0.39, 0.29) is 18.8 Å². The van der Waals surface area contributed by atoms with E-state index in [2.05, 4.69) is 5.16 Å². The highest BCUT2D eigenvalue weighted by atomic mass is 35.5. The van der Waals surface area contributed by atoms with Gasteiger partial charge in [0.1, 0.15) is 18.2 Å². The maximum atomic E-state index is 13.4. The minimum Gasteiger partial charge on any atom is -0.493 e. The molecule has 0 aliphatic carbocycles. The Hall–Kier alpha value is -4.42. The molecule has 4 aromatic rings. The predicted octanol–water partition coefficient (Wildman–Crippen LogP) is 6.86. The van der Waals surface area contributed by atoms with Crippen LogP contribution < -0.4 is 9.47 Å². The quantitative estimate of drug-likeness (QED) is 0.162. The maximum Gasteiger partial charge on any atom is 0.344 e. The minimum absolute atomic E-state index is 0.0681. The summed E-state index contributed by atoms with van der Waals surface area (Å²) in [5.74, 6) is -0.942. The largest absolute Gasteiger partial charge is 0.493 e. The number of hydrogen-bond acceptors (Lipinski definition) is 6. The number of ketones is 1. The number of nitrogens with zero attached hydrogens (tertiary/aromatic N) is 1. The van der Waals surface area contributed by atoms with Crippen molar-refractivity contribution in [3.63, 3.8) is 0 Å². The monoisotopic (exact) mass is 539 g/mol. The molecular formula is C32H26ClNO5. The molecule has 0 saturated carbocycles. The van der Waals surface area contributed by atoms with Crippen molar-refractivity contribution >= 4 is 29.1 Å². The molecule has 0 fully saturated rings. The Morgan fingerprint density at radius 2 is 1.62 bits per heavy atom. The van der Waals surface area contributed by atoms with Crippen molar-refractivity contribution in [3.05, 3.63) is 130 Å². The Morgan fingerprint density at radius 1 is 0.923 bits per heavy atom. The van der Waals surface area contributed by atoms with Crippen LogP contribution in [0, 0.1) is 5.92 Å². The van der Waals surface area contributed by atoms with Gasteiger partial charge in [0.25, 0.3) is 0 Å². The molecule has 2 unspecified atom stereocenters. The molecule has 5 rings (SSSR count). The first-order valence-corrected chi connectivity index (χ1v) is 12.9. The SMILES string of the molecule is COc1cc(C(CC(=O)c2ccccc2)C2C(=O)ON=C2c2ccccc2)ccc1OCc1ccccc1Cl. The first-order valence-electron chi connectivity index (χ1n) is 12.5. The van der Waals surface area contributed by atoms with E-state index < -0.39 is 17.8 Å². The Kier molecular flexibility index (Phi) is 8.04. The van der Waals surface area contributed by atoms with Gasteiger partial charge in [-0.1, -0.05) is 102 Å². The predicted molar refractivity (Wildman–Crippen MR) is 149 cm³/mol. The Labute approximate surface area is 231 Å². The molecule has 0 radical (unpaired) electrons. The summed E-state index contributed by atoms with van der Waals surface area (Å²) < 4.78 is 11.7. The van der Waals surface area contributed by atoms with Crippen molar-refractivity contribution in [1.82, 2.24) is 0 Å². The topological polar surface area (TPSA) is 74.2 Å². The van der Waals surface area contributed by atoms with Crippen molar-refractivity contribution in [3.8, 4) is 11.5 Å². The zero-order chi connectivity index (χ0) is 27.2. The molecule has 4 aromatic carbocycles. The molecule has 0 spiro atoms. The van der Waals surface area contributed by atoms with Gasteiger partial charge < -0.3 is 14.3 Å². The van der Waals surface area contributed by atoms with Gasteiger partial charge in [0.2, 0.25) is 0 Å². The van der Waals surface area contributed by atoms with Crippen LogP contribution >= 0.6 is 11.6 Å². The Balaban J connectivity index is 1.50. The number of oxime groups is 1. The van der Waals surface area contributed by atoms with E-state index in [9.17, 15) is 9.59 Å². The molecular weight excluding hydrogens is 514 g/mol. The van der Waals surface area contributed by atoms with Crippen molar-refractivity contribution in [2.75, 3.05) is 7.11 Å². The van der Waals surface area contributed by atoms with Crippen LogP contribution in [0.1, 0.15) is 39.4 Å². The molecule has 0 amide bonds. The van der Waals surface area contributed by atoms with Crippen LogP contribution in [0.25, 0.3) is 0 Å². The lowest BCUT2D eigenvalue weighted by molar-refractivity contribution is -0.143. The normalized spacial score (nSPS) is 15.3. The maximum absolute atomic E-state index is 13.4. The third-order valence-electron chi connectivity index (χ3n) is 6.71. The minimum atomic E-state index is -0.778. The lowest BCUT2D eigenvalue weighted by atomic mass is 9.77. The Morgan fingerprint density at radius 3 is 2.33 bits per heavy atom. The fraction of sp³-hybridized carbons (Fsp3) is 0.156. The molecule has 7 heteroatoms. The number of rotatable bonds is 10.